The second kappa shape index (κ2) is 12.2. The Morgan fingerprint density at radius 2 is 1.66 bits per heavy atom. The number of carbonyl (C=O) groups excluding carboxylic acids is 2. The zero-order valence-corrected chi connectivity index (χ0v) is 26.6. The molecule has 0 saturated carbocycles. The number of aromatic nitrogens is 3. The Bertz CT molecular complexity index is 1850. The summed E-state index contributed by atoms with van der Waals surface area (Å²) in [5.74, 6) is -1.12. The molecular formula is C35H42N4O5. The van der Waals surface area contributed by atoms with Crippen molar-refractivity contribution in [3.8, 4) is 0 Å². The van der Waals surface area contributed by atoms with Crippen molar-refractivity contribution >= 4 is 41.8 Å². The van der Waals surface area contributed by atoms with Crippen LogP contribution < -0.4 is 16.0 Å². The summed E-state index contributed by atoms with van der Waals surface area (Å²) in [5, 5.41) is 15.6. The maximum absolute atomic E-state index is 13.3. The standard InChI is InChI=1S/C35H42N4O5/c1-9-21-17(3)25-14-27-19(5)23(11-12-40)33(38-27)24(13-31(41)43-7)34-32(35(42)44-8)20(6)28(39-34)16-30-22(10-2)18(4)26(37-30)15-29(21)36-25/h9,14-16,19,23,36-40H,1,10-13H2,2-8H3/t19-,23-/m0/s1. The summed E-state index contributed by atoms with van der Waals surface area (Å²) in [7, 11) is 2.70. The quantitative estimate of drug-likeness (QED) is 0.260. The Morgan fingerprint density at radius 1 is 0.955 bits per heavy atom. The first-order valence-corrected chi connectivity index (χ1v) is 15.0. The second-order valence-corrected chi connectivity index (χ2v) is 11.6. The molecule has 232 valence electrons. The first-order valence-electron chi connectivity index (χ1n) is 15.0. The van der Waals surface area contributed by atoms with Gasteiger partial charge >= 0.3 is 11.9 Å². The van der Waals surface area contributed by atoms with Crippen molar-refractivity contribution in [2.24, 2.45) is 11.8 Å². The smallest absolute Gasteiger partial charge is 0.340 e. The Labute approximate surface area is 257 Å². The van der Waals surface area contributed by atoms with Gasteiger partial charge < -0.3 is 34.8 Å². The number of aromatic amines is 3. The minimum absolute atomic E-state index is 0.0219. The number of rotatable bonds is 7. The van der Waals surface area contributed by atoms with Crippen LogP contribution in [0, 0.1) is 32.6 Å². The maximum Gasteiger partial charge on any atom is 0.340 e. The van der Waals surface area contributed by atoms with Gasteiger partial charge in [-0.3, -0.25) is 4.79 Å². The molecule has 5 N–H and O–H groups in total. The molecule has 5 heterocycles. The lowest BCUT2D eigenvalue weighted by Crippen LogP contribution is -2.16. The number of aliphatic hydroxyl groups excluding tert-OH is 1. The van der Waals surface area contributed by atoms with Crippen LogP contribution >= 0.6 is 0 Å². The highest BCUT2D eigenvalue weighted by atomic mass is 16.5. The molecule has 1 fully saturated rings. The molecule has 0 aromatic carbocycles. The van der Waals surface area contributed by atoms with E-state index in [1.165, 1.54) is 14.2 Å². The predicted molar refractivity (Wildman–Crippen MR) is 173 cm³/mol. The minimum Gasteiger partial charge on any atom is -0.469 e. The van der Waals surface area contributed by atoms with Gasteiger partial charge in [-0.25, -0.2) is 4.79 Å². The van der Waals surface area contributed by atoms with E-state index in [2.05, 4.69) is 66.7 Å². The highest BCUT2D eigenvalue weighted by molar-refractivity contribution is 6.00. The number of H-pyrrole nitrogens is 3. The molecule has 0 amide bonds. The van der Waals surface area contributed by atoms with Gasteiger partial charge in [-0.05, 0) is 74.1 Å². The van der Waals surface area contributed by atoms with Crippen LogP contribution in [0.5, 0.6) is 0 Å². The Kier molecular flexibility index (Phi) is 8.61. The predicted octanol–water partition coefficient (Wildman–Crippen LogP) is 4.11. The summed E-state index contributed by atoms with van der Waals surface area (Å²) < 4.78 is 10.4. The van der Waals surface area contributed by atoms with E-state index in [1.807, 2.05) is 19.1 Å². The van der Waals surface area contributed by atoms with Gasteiger partial charge in [0.25, 0.3) is 0 Å². The van der Waals surface area contributed by atoms with E-state index < -0.39 is 11.9 Å². The van der Waals surface area contributed by atoms with Gasteiger partial charge in [-0.2, -0.15) is 0 Å². The summed E-state index contributed by atoms with van der Waals surface area (Å²) in [6.45, 7) is 14.3. The number of aliphatic hydroxyl groups is 1. The van der Waals surface area contributed by atoms with Crippen molar-refractivity contribution in [1.29, 1.82) is 0 Å². The second-order valence-electron chi connectivity index (χ2n) is 11.6. The normalized spacial score (nSPS) is 17.4. The Hall–Kier alpha value is -4.50. The number of esters is 2. The molecule has 8 bridgehead atoms. The summed E-state index contributed by atoms with van der Waals surface area (Å²) in [5.41, 5.74) is 10.8. The number of hydrogen-bond acceptors (Lipinski definition) is 6. The number of carbonyl (C=O) groups is 2. The van der Waals surface area contributed by atoms with Crippen molar-refractivity contribution in [1.82, 2.24) is 20.3 Å². The third-order valence-corrected chi connectivity index (χ3v) is 9.29. The highest BCUT2D eigenvalue weighted by Crippen LogP contribution is 2.42. The molecule has 2 aliphatic rings. The largest absolute Gasteiger partial charge is 0.469 e. The fraction of sp³-hybridized carbons (Fsp3) is 0.371. The number of allylic oxidation sites excluding steroid dienone is 2. The van der Waals surface area contributed by atoms with Gasteiger partial charge in [0.2, 0.25) is 0 Å². The van der Waals surface area contributed by atoms with E-state index in [4.69, 9.17) is 9.47 Å². The first kappa shape index (κ1) is 30.9. The number of methoxy groups -OCH3 is 2. The zero-order valence-electron chi connectivity index (χ0n) is 26.6. The van der Waals surface area contributed by atoms with Crippen molar-refractivity contribution in [3.05, 3.63) is 84.8 Å². The molecular weight excluding hydrogens is 556 g/mol. The summed E-state index contributed by atoms with van der Waals surface area (Å²) in [6, 6.07) is 0. The van der Waals surface area contributed by atoms with Gasteiger partial charge in [0, 0.05) is 68.8 Å². The van der Waals surface area contributed by atoms with Gasteiger partial charge in [-0.15, -0.1) is 0 Å². The molecule has 0 spiro atoms. The van der Waals surface area contributed by atoms with Crippen LogP contribution in [-0.2, 0) is 20.7 Å². The van der Waals surface area contributed by atoms with E-state index in [0.717, 1.165) is 67.8 Å². The van der Waals surface area contributed by atoms with Crippen LogP contribution in [0.2, 0.25) is 0 Å². The van der Waals surface area contributed by atoms with Crippen LogP contribution in [0.4, 0.5) is 0 Å². The van der Waals surface area contributed by atoms with Gasteiger partial charge in [0.05, 0.1) is 31.9 Å². The average molecular weight is 599 g/mol. The van der Waals surface area contributed by atoms with Crippen LogP contribution in [0.1, 0.15) is 87.6 Å². The van der Waals surface area contributed by atoms with Crippen molar-refractivity contribution < 1.29 is 24.2 Å². The third kappa shape index (κ3) is 5.15. The van der Waals surface area contributed by atoms with E-state index in [1.54, 1.807) is 0 Å². The van der Waals surface area contributed by atoms with E-state index in [-0.39, 0.29) is 24.9 Å². The van der Waals surface area contributed by atoms with Crippen LogP contribution in [-0.4, -0.2) is 52.8 Å². The molecule has 9 heteroatoms. The van der Waals surface area contributed by atoms with E-state index >= 15 is 0 Å². The fourth-order valence-corrected chi connectivity index (χ4v) is 6.73. The molecule has 3 aromatic heterocycles. The van der Waals surface area contributed by atoms with Crippen molar-refractivity contribution in [3.63, 3.8) is 0 Å². The maximum atomic E-state index is 13.3. The summed E-state index contributed by atoms with van der Waals surface area (Å²) >= 11 is 0. The Balaban J connectivity index is 1.96. The molecule has 44 heavy (non-hydrogen) atoms. The van der Waals surface area contributed by atoms with Crippen LogP contribution in [0.25, 0.3) is 29.9 Å². The lowest BCUT2D eigenvalue weighted by Gasteiger charge is -2.18. The number of hydrogen-bond donors (Lipinski definition) is 5. The van der Waals surface area contributed by atoms with E-state index in [9.17, 15) is 14.7 Å². The SMILES string of the molecule is C=Cc1c2[nH]c(c1C)C=C1NC(=C(CC(=O)OC)c3[nH]c(c(C)c3C(=O)OC)C=c3[nH]c(c(C)c3CC)=C2)[C@@H](CCO)[C@@H]1C. The van der Waals surface area contributed by atoms with E-state index in [0.29, 0.717) is 28.8 Å². The fourth-order valence-electron chi connectivity index (χ4n) is 6.73. The topological polar surface area (TPSA) is 132 Å². The lowest BCUT2D eigenvalue weighted by atomic mass is 9.86. The molecule has 5 rings (SSSR count). The number of fused-ring (bicyclic) bond motifs is 8. The van der Waals surface area contributed by atoms with Gasteiger partial charge in [0.1, 0.15) is 0 Å². The summed E-state index contributed by atoms with van der Waals surface area (Å²) in [6.07, 6.45) is 9.28. The molecule has 1 saturated heterocycles. The molecule has 9 nitrogen and oxygen atoms in total. The molecule has 2 atom stereocenters. The van der Waals surface area contributed by atoms with Gasteiger partial charge in [0.15, 0.2) is 0 Å². The van der Waals surface area contributed by atoms with Gasteiger partial charge in [-0.1, -0.05) is 26.5 Å². The third-order valence-electron chi connectivity index (χ3n) is 9.29. The Morgan fingerprint density at radius 3 is 2.30 bits per heavy atom. The molecule has 0 radical (unpaired) electrons. The number of nitrogens with one attached hydrogen (secondary N) is 4. The molecule has 3 aromatic rings. The monoisotopic (exact) mass is 598 g/mol. The van der Waals surface area contributed by atoms with Crippen molar-refractivity contribution in [2.75, 3.05) is 20.8 Å². The van der Waals surface area contributed by atoms with Crippen molar-refractivity contribution in [2.45, 2.75) is 53.9 Å². The first-order chi connectivity index (χ1) is 21.1. The minimum atomic E-state index is -0.506. The molecule has 0 unspecified atom stereocenters. The number of ether oxygens (including phenoxy) is 2. The highest BCUT2D eigenvalue weighted by Gasteiger charge is 2.37. The lowest BCUT2D eigenvalue weighted by molar-refractivity contribution is -0.139. The van der Waals surface area contributed by atoms with Crippen LogP contribution in [0.15, 0.2) is 18.0 Å². The van der Waals surface area contributed by atoms with Crippen LogP contribution in [0.3, 0.4) is 0 Å². The molecule has 0 aliphatic carbocycles. The zero-order chi connectivity index (χ0) is 31.9. The summed E-state index contributed by atoms with van der Waals surface area (Å²) in [4.78, 5) is 37.0. The average Bonchev–Trinajstić information content (AvgIpc) is 3.69. The molecule has 2 aliphatic heterocycles.